The van der Waals surface area contributed by atoms with E-state index in [1.54, 1.807) is 0 Å². The van der Waals surface area contributed by atoms with E-state index in [1.807, 2.05) is 30.9 Å². The van der Waals surface area contributed by atoms with Crippen molar-refractivity contribution >= 4 is 64.6 Å². The van der Waals surface area contributed by atoms with Crippen molar-refractivity contribution in [1.82, 2.24) is 13.9 Å². The lowest BCUT2D eigenvalue weighted by Gasteiger charge is -1.98. The normalized spacial score (nSPS) is 10.1. The van der Waals surface area contributed by atoms with E-state index in [-0.39, 0.29) is 5.28 Å². The summed E-state index contributed by atoms with van der Waals surface area (Å²) in [6.45, 7) is 5.97. The van der Waals surface area contributed by atoms with Crippen LogP contribution in [0.2, 0.25) is 10.4 Å². The number of hydrogen-bond donors (Lipinski definition) is 0. The molecule has 88 valence electrons. The van der Waals surface area contributed by atoms with Gasteiger partial charge in [-0.3, -0.25) is 3.97 Å². The van der Waals surface area contributed by atoms with Gasteiger partial charge >= 0.3 is 0 Å². The van der Waals surface area contributed by atoms with Crippen molar-refractivity contribution < 1.29 is 0 Å². The Morgan fingerprint density at radius 2 is 1.94 bits per heavy atom. The zero-order chi connectivity index (χ0) is 12.3. The van der Waals surface area contributed by atoms with E-state index in [2.05, 4.69) is 31.2 Å². The van der Waals surface area contributed by atoms with Crippen LogP contribution in [-0.2, 0) is 0 Å². The molecule has 3 nitrogen and oxygen atoms in total. The first-order valence-corrected chi connectivity index (χ1v) is 8.70. The number of rotatable bonds is 1. The van der Waals surface area contributed by atoms with Crippen LogP contribution in [0.3, 0.4) is 0 Å². The van der Waals surface area contributed by atoms with Crippen LogP contribution in [0.25, 0.3) is 11.0 Å². The molecule has 0 aromatic carbocycles. The van der Waals surface area contributed by atoms with Crippen molar-refractivity contribution in [1.29, 1.82) is 0 Å². The highest BCUT2D eigenvalue weighted by Crippen LogP contribution is 2.31. The molecule has 0 saturated heterocycles. The van der Waals surface area contributed by atoms with Gasteiger partial charge in [0.1, 0.15) is 5.15 Å². The third-order valence-electron chi connectivity index (χ3n) is 1.81. The quantitative estimate of drug-likeness (QED) is 0.394. The average Bonchev–Trinajstić information content (AvgIpc) is 2.58. The summed E-state index contributed by atoms with van der Waals surface area (Å²) >= 11 is 13.9. The molecule has 0 radical (unpaired) electrons. The average molecular weight is 390 g/mol. The van der Waals surface area contributed by atoms with Crippen LogP contribution in [0.5, 0.6) is 0 Å². The summed E-state index contributed by atoms with van der Waals surface area (Å²) in [7, 11) is 1.52. The molecule has 0 saturated carbocycles. The first-order valence-electron chi connectivity index (χ1n) is 4.63. The first-order chi connectivity index (χ1) is 7.63. The van der Waals surface area contributed by atoms with Crippen LogP contribution >= 0.6 is 53.5 Å². The van der Waals surface area contributed by atoms with Gasteiger partial charge in [-0.05, 0) is 24.1 Å². The minimum Gasteiger partial charge on any atom is -0.266 e. The minimum absolute atomic E-state index is 0.173. The number of aryl methyl sites for hydroxylation is 1. The third-order valence-corrected chi connectivity index (χ3v) is 3.95. The van der Waals surface area contributed by atoms with E-state index in [4.69, 9.17) is 23.2 Å². The van der Waals surface area contributed by atoms with Gasteiger partial charge < -0.3 is 0 Å². The third kappa shape index (κ3) is 2.75. The molecule has 0 bridgehead atoms. The lowest BCUT2D eigenvalue weighted by Crippen LogP contribution is -1.88. The van der Waals surface area contributed by atoms with Gasteiger partial charge in [0.15, 0.2) is 5.65 Å². The van der Waals surface area contributed by atoms with E-state index in [0.717, 1.165) is 16.6 Å². The van der Waals surface area contributed by atoms with Crippen molar-refractivity contribution in [3.05, 3.63) is 22.2 Å². The molecular weight excluding hydrogens is 380 g/mol. The second-order valence-corrected chi connectivity index (χ2v) is 5.10. The molecule has 2 aromatic heterocycles. The van der Waals surface area contributed by atoms with Gasteiger partial charge in [-0.25, -0.2) is 4.98 Å². The molecule has 0 aliphatic heterocycles. The molecule has 0 amide bonds. The summed E-state index contributed by atoms with van der Waals surface area (Å²) in [6.07, 6.45) is 1.96. The van der Waals surface area contributed by atoms with Crippen molar-refractivity contribution in [2.45, 2.75) is 20.8 Å². The van der Waals surface area contributed by atoms with Crippen LogP contribution in [0.15, 0.2) is 6.20 Å². The van der Waals surface area contributed by atoms with Gasteiger partial charge in [-0.2, -0.15) is 4.98 Å². The Hall–Kier alpha value is 0.280. The molecule has 0 N–H and O–H groups in total. The summed E-state index contributed by atoms with van der Waals surface area (Å²) in [5, 5.41) is 1.44. The second-order valence-electron chi connectivity index (χ2n) is 2.69. The molecular formula is C9H10Cl2IN3S. The molecule has 7 heteroatoms. The number of nitrogens with zero attached hydrogens (tertiary/aromatic N) is 3. The maximum absolute atomic E-state index is 5.98. The molecule has 0 fully saturated rings. The van der Waals surface area contributed by atoms with Gasteiger partial charge in [0.2, 0.25) is 5.28 Å². The molecule has 2 aromatic rings. The largest absolute Gasteiger partial charge is 0.266 e. The number of fused-ring (bicyclic) bond motifs is 1. The molecule has 0 aliphatic carbocycles. The summed E-state index contributed by atoms with van der Waals surface area (Å²) in [5.74, 6) is 0. The Bertz CT molecular complexity index is 501. The van der Waals surface area contributed by atoms with E-state index < -0.39 is 0 Å². The highest BCUT2D eigenvalue weighted by Gasteiger charge is 2.12. The van der Waals surface area contributed by atoms with E-state index in [9.17, 15) is 0 Å². The summed E-state index contributed by atoms with van der Waals surface area (Å²) in [6, 6.07) is 0. The second kappa shape index (κ2) is 6.28. The monoisotopic (exact) mass is 389 g/mol. The fourth-order valence-electron chi connectivity index (χ4n) is 1.25. The van der Waals surface area contributed by atoms with E-state index in [1.165, 1.54) is 9.12 Å². The molecule has 2 rings (SSSR count). The highest BCUT2D eigenvalue weighted by molar-refractivity contribution is 14.2. The summed E-state index contributed by atoms with van der Waals surface area (Å²) in [4.78, 5) is 8.04. The fourth-order valence-corrected chi connectivity index (χ4v) is 3.07. The van der Waals surface area contributed by atoms with E-state index in [0.29, 0.717) is 5.15 Å². The Labute approximate surface area is 121 Å². The molecule has 2 heterocycles. The minimum atomic E-state index is 0.173. The predicted molar refractivity (Wildman–Crippen MR) is 80.6 cm³/mol. The van der Waals surface area contributed by atoms with E-state index >= 15 is 0 Å². The fraction of sp³-hybridized carbons (Fsp3) is 0.333. The van der Waals surface area contributed by atoms with Crippen molar-refractivity contribution in [3.63, 3.8) is 0 Å². The summed E-state index contributed by atoms with van der Waals surface area (Å²) < 4.78 is 1.91. The van der Waals surface area contributed by atoms with Gasteiger partial charge in [0.25, 0.3) is 0 Å². The van der Waals surface area contributed by atoms with Gasteiger partial charge in [0.05, 0.1) is 5.39 Å². The number of hydrogen-bond acceptors (Lipinski definition) is 3. The predicted octanol–water partition coefficient (Wildman–Crippen LogP) is 4.92. The zero-order valence-electron chi connectivity index (χ0n) is 8.96. The molecule has 16 heavy (non-hydrogen) atoms. The standard InChI is InChI=1S/C7H4Cl2IN3S.C2H6/c1-3-2-13(14-10)6-4(3)5(8)11-7(9)12-6;1-2/h2H,1H3;1-2H3. The maximum atomic E-state index is 5.98. The highest BCUT2D eigenvalue weighted by atomic mass is 127. The van der Waals surface area contributed by atoms with Crippen LogP contribution in [0, 0.1) is 6.92 Å². The SMILES string of the molecule is CC.Cc1cn(SI)c2nc(Cl)nc(Cl)c12. The molecule has 0 unspecified atom stereocenters. The van der Waals surface area contributed by atoms with Crippen LogP contribution in [0.1, 0.15) is 19.4 Å². The Balaban J connectivity index is 0.000000606. The lowest BCUT2D eigenvalue weighted by atomic mass is 10.3. The smallest absolute Gasteiger partial charge is 0.225 e. The number of halogens is 3. The molecule has 0 aliphatic rings. The number of aromatic nitrogens is 3. The Morgan fingerprint density at radius 3 is 2.50 bits per heavy atom. The Morgan fingerprint density at radius 1 is 1.31 bits per heavy atom. The van der Waals surface area contributed by atoms with Crippen molar-refractivity contribution in [2.75, 3.05) is 0 Å². The molecule has 0 spiro atoms. The topological polar surface area (TPSA) is 30.7 Å². The van der Waals surface area contributed by atoms with Crippen LogP contribution < -0.4 is 0 Å². The summed E-state index contributed by atoms with van der Waals surface area (Å²) in [5.41, 5.74) is 1.80. The maximum Gasteiger partial charge on any atom is 0.225 e. The first kappa shape index (κ1) is 14.3. The Kier molecular flexibility index (Phi) is 5.63. The van der Waals surface area contributed by atoms with Gasteiger partial charge in [0, 0.05) is 36.5 Å². The van der Waals surface area contributed by atoms with Gasteiger partial charge in [-0.15, -0.1) is 0 Å². The lowest BCUT2D eigenvalue weighted by molar-refractivity contribution is 1.18. The van der Waals surface area contributed by atoms with Crippen LogP contribution in [0.4, 0.5) is 0 Å². The van der Waals surface area contributed by atoms with Gasteiger partial charge in [-0.1, -0.05) is 25.4 Å². The van der Waals surface area contributed by atoms with Crippen molar-refractivity contribution in [2.24, 2.45) is 0 Å². The zero-order valence-corrected chi connectivity index (χ0v) is 13.4. The molecule has 0 atom stereocenters. The van der Waals surface area contributed by atoms with Crippen LogP contribution in [-0.4, -0.2) is 13.9 Å². The van der Waals surface area contributed by atoms with Crippen molar-refractivity contribution in [3.8, 4) is 0 Å².